The van der Waals surface area contributed by atoms with Gasteiger partial charge in [0.05, 0.1) is 6.61 Å². The van der Waals surface area contributed by atoms with Gasteiger partial charge in [0, 0.05) is 43.0 Å². The van der Waals surface area contributed by atoms with Crippen molar-refractivity contribution in [3.05, 3.63) is 48.0 Å². The van der Waals surface area contributed by atoms with Crippen LogP contribution in [0.1, 0.15) is 31.2 Å². The first-order valence-corrected chi connectivity index (χ1v) is 8.78. The lowest BCUT2D eigenvalue weighted by Crippen LogP contribution is -2.45. The number of para-hydroxylation sites is 1. The number of hydrogen-bond donors (Lipinski definition) is 2. The monoisotopic (exact) mass is 342 g/mol. The Labute approximate surface area is 148 Å². The van der Waals surface area contributed by atoms with Crippen molar-refractivity contribution in [2.45, 2.75) is 39.3 Å². The van der Waals surface area contributed by atoms with Gasteiger partial charge in [-0.3, -0.25) is 0 Å². The molecule has 2 aromatic rings. The topological polar surface area (TPSA) is 68.2 Å². The third-order valence-corrected chi connectivity index (χ3v) is 4.74. The van der Waals surface area contributed by atoms with Crippen LogP contribution in [0.15, 0.2) is 36.7 Å². The maximum absolute atomic E-state index is 12.2. The van der Waals surface area contributed by atoms with E-state index in [4.69, 9.17) is 4.74 Å². The van der Waals surface area contributed by atoms with Crippen molar-refractivity contribution in [1.82, 2.24) is 20.2 Å². The summed E-state index contributed by atoms with van der Waals surface area (Å²) in [6, 6.07) is 7.89. The van der Waals surface area contributed by atoms with Gasteiger partial charge in [0.2, 0.25) is 0 Å². The maximum atomic E-state index is 12.2. The number of aromatic nitrogens is 2. The van der Waals surface area contributed by atoms with Crippen LogP contribution in [-0.4, -0.2) is 34.8 Å². The summed E-state index contributed by atoms with van der Waals surface area (Å²) in [7, 11) is 0. The Balaban J connectivity index is 1.45. The second-order valence-corrected chi connectivity index (χ2v) is 6.83. The zero-order valence-corrected chi connectivity index (χ0v) is 15.0. The molecular formula is C19H26N4O2. The largest absolute Gasteiger partial charge is 0.493 e. The smallest absolute Gasteiger partial charge is 0.315 e. The summed E-state index contributed by atoms with van der Waals surface area (Å²) < 4.78 is 7.80. The molecule has 25 heavy (non-hydrogen) atoms. The molecule has 134 valence electrons. The molecule has 0 saturated carbocycles. The highest BCUT2D eigenvalue weighted by Gasteiger charge is 2.29. The van der Waals surface area contributed by atoms with Gasteiger partial charge in [-0.2, -0.15) is 0 Å². The van der Waals surface area contributed by atoms with Crippen molar-refractivity contribution in [2.24, 2.45) is 5.92 Å². The summed E-state index contributed by atoms with van der Waals surface area (Å²) in [5, 5.41) is 6.01. The fraction of sp³-hybridized carbons (Fsp3) is 0.474. The molecule has 1 aromatic carbocycles. The van der Waals surface area contributed by atoms with Crippen LogP contribution < -0.4 is 15.4 Å². The molecule has 0 bridgehead atoms. The summed E-state index contributed by atoms with van der Waals surface area (Å²) in [5.74, 6) is 2.42. The molecule has 3 rings (SSSR count). The molecule has 6 nitrogen and oxygen atoms in total. The molecule has 0 fully saturated rings. The molecule has 6 heteroatoms. The first kappa shape index (κ1) is 17.3. The molecule has 1 aromatic heterocycles. The molecule has 0 radical (unpaired) electrons. The Kier molecular flexibility index (Phi) is 5.26. The number of carbonyl (C=O) groups is 1. The second-order valence-electron chi connectivity index (χ2n) is 6.83. The summed E-state index contributed by atoms with van der Waals surface area (Å²) in [4.78, 5) is 16.4. The van der Waals surface area contributed by atoms with E-state index >= 15 is 0 Å². The molecule has 2 amide bonds. The van der Waals surface area contributed by atoms with Gasteiger partial charge in [0.25, 0.3) is 0 Å². The van der Waals surface area contributed by atoms with Gasteiger partial charge < -0.3 is 19.9 Å². The Morgan fingerprint density at radius 1 is 1.40 bits per heavy atom. The van der Waals surface area contributed by atoms with Gasteiger partial charge in [-0.05, 0) is 25.8 Å². The number of amides is 2. The number of hydrogen-bond acceptors (Lipinski definition) is 3. The first-order valence-electron chi connectivity index (χ1n) is 8.78. The standard InChI is InChI=1S/C19H26N4O2/c1-13(11-23-9-8-20-15(23)3)10-21-19(24)22-14(2)17-12-25-18-7-5-4-6-16(17)18/h4-9,13-14,17H,10-12H2,1-3H3,(H2,21,22,24). The Bertz CT molecular complexity index is 728. The number of aryl methyl sites for hydroxylation is 1. The fourth-order valence-electron chi connectivity index (χ4n) is 3.22. The van der Waals surface area contributed by atoms with Crippen LogP contribution in [0, 0.1) is 12.8 Å². The van der Waals surface area contributed by atoms with E-state index in [1.54, 1.807) is 6.20 Å². The van der Waals surface area contributed by atoms with Crippen LogP contribution in [-0.2, 0) is 6.54 Å². The number of rotatable bonds is 6. The van der Waals surface area contributed by atoms with Crippen LogP contribution in [0.5, 0.6) is 5.75 Å². The minimum absolute atomic E-state index is 0.00912. The van der Waals surface area contributed by atoms with Gasteiger partial charge >= 0.3 is 6.03 Å². The lowest BCUT2D eigenvalue weighted by molar-refractivity contribution is 0.231. The van der Waals surface area contributed by atoms with E-state index < -0.39 is 0 Å². The fourth-order valence-corrected chi connectivity index (χ4v) is 3.22. The van der Waals surface area contributed by atoms with Gasteiger partial charge in [0.15, 0.2) is 0 Å². The average molecular weight is 342 g/mol. The van der Waals surface area contributed by atoms with E-state index in [2.05, 4.69) is 33.2 Å². The van der Waals surface area contributed by atoms with Gasteiger partial charge in [0.1, 0.15) is 11.6 Å². The molecule has 1 aliphatic rings. The van der Waals surface area contributed by atoms with Crippen LogP contribution in [0.25, 0.3) is 0 Å². The average Bonchev–Trinajstić information content (AvgIpc) is 3.19. The van der Waals surface area contributed by atoms with Gasteiger partial charge in [-0.25, -0.2) is 9.78 Å². The van der Waals surface area contributed by atoms with Gasteiger partial charge in [-0.15, -0.1) is 0 Å². The van der Waals surface area contributed by atoms with E-state index in [0.717, 1.165) is 18.1 Å². The van der Waals surface area contributed by atoms with Crippen LogP contribution in [0.3, 0.4) is 0 Å². The number of fused-ring (bicyclic) bond motifs is 1. The third kappa shape index (κ3) is 4.13. The first-order chi connectivity index (χ1) is 12.0. The second kappa shape index (κ2) is 7.59. The number of ether oxygens (including phenoxy) is 1. The Hall–Kier alpha value is -2.50. The third-order valence-electron chi connectivity index (χ3n) is 4.74. The maximum Gasteiger partial charge on any atom is 0.315 e. The molecule has 2 N–H and O–H groups in total. The van der Waals surface area contributed by atoms with Crippen LogP contribution in [0.2, 0.25) is 0 Å². The Morgan fingerprint density at radius 2 is 2.20 bits per heavy atom. The highest BCUT2D eigenvalue weighted by molar-refractivity contribution is 5.74. The highest BCUT2D eigenvalue weighted by Crippen LogP contribution is 2.35. The highest BCUT2D eigenvalue weighted by atomic mass is 16.5. The summed E-state index contributed by atoms with van der Waals surface area (Å²) in [6.45, 7) is 8.19. The summed E-state index contributed by atoms with van der Waals surface area (Å²) in [6.07, 6.45) is 3.76. The van der Waals surface area contributed by atoms with Crippen molar-refractivity contribution in [1.29, 1.82) is 0 Å². The zero-order chi connectivity index (χ0) is 17.8. The van der Waals surface area contributed by atoms with Crippen molar-refractivity contribution < 1.29 is 9.53 Å². The molecule has 0 spiro atoms. The van der Waals surface area contributed by atoms with E-state index in [0.29, 0.717) is 19.1 Å². The predicted molar refractivity (Wildman–Crippen MR) is 96.8 cm³/mol. The number of nitrogens with one attached hydrogen (secondary N) is 2. The number of benzene rings is 1. The lowest BCUT2D eigenvalue weighted by Gasteiger charge is -2.21. The molecule has 0 saturated heterocycles. The molecular weight excluding hydrogens is 316 g/mol. The number of carbonyl (C=O) groups excluding carboxylic acids is 1. The molecule has 3 atom stereocenters. The van der Waals surface area contributed by atoms with Crippen molar-refractivity contribution in [3.63, 3.8) is 0 Å². The quantitative estimate of drug-likeness (QED) is 0.848. The number of imidazole rings is 1. The normalized spacial score (nSPS) is 18.1. The predicted octanol–water partition coefficient (Wildman–Crippen LogP) is 2.69. The zero-order valence-electron chi connectivity index (χ0n) is 15.0. The number of urea groups is 1. The van der Waals surface area contributed by atoms with Gasteiger partial charge in [-0.1, -0.05) is 25.1 Å². The van der Waals surface area contributed by atoms with E-state index in [1.807, 2.05) is 38.2 Å². The minimum atomic E-state index is -0.133. The van der Waals surface area contributed by atoms with Crippen molar-refractivity contribution in [2.75, 3.05) is 13.2 Å². The minimum Gasteiger partial charge on any atom is -0.493 e. The van der Waals surface area contributed by atoms with Crippen molar-refractivity contribution >= 4 is 6.03 Å². The molecule has 2 heterocycles. The Morgan fingerprint density at radius 3 is 2.96 bits per heavy atom. The summed E-state index contributed by atoms with van der Waals surface area (Å²) in [5.41, 5.74) is 1.17. The van der Waals surface area contributed by atoms with E-state index in [9.17, 15) is 4.79 Å². The molecule has 1 aliphatic heterocycles. The van der Waals surface area contributed by atoms with E-state index in [-0.39, 0.29) is 18.0 Å². The van der Waals surface area contributed by atoms with E-state index in [1.165, 1.54) is 5.56 Å². The summed E-state index contributed by atoms with van der Waals surface area (Å²) >= 11 is 0. The van der Waals surface area contributed by atoms with Crippen LogP contribution >= 0.6 is 0 Å². The number of nitrogens with zero attached hydrogens (tertiary/aromatic N) is 2. The molecule has 3 unspecified atom stereocenters. The lowest BCUT2D eigenvalue weighted by atomic mass is 9.94. The SMILES string of the molecule is Cc1nccn1CC(C)CNC(=O)NC(C)C1COc2ccccc21. The van der Waals surface area contributed by atoms with Crippen molar-refractivity contribution in [3.8, 4) is 5.75 Å². The molecule has 0 aliphatic carbocycles. The van der Waals surface area contributed by atoms with Crippen LogP contribution in [0.4, 0.5) is 4.79 Å².